The number of alkyl halides is 3. The van der Waals surface area contributed by atoms with E-state index in [0.29, 0.717) is 16.2 Å². The number of esters is 1. The van der Waals surface area contributed by atoms with Crippen LogP contribution < -0.4 is 5.32 Å². The molecule has 0 saturated carbocycles. The van der Waals surface area contributed by atoms with Crippen LogP contribution in [-0.2, 0) is 21.2 Å². The summed E-state index contributed by atoms with van der Waals surface area (Å²) in [4.78, 5) is 54.1. The van der Waals surface area contributed by atoms with Gasteiger partial charge in [0.25, 0.3) is 5.91 Å². The maximum Gasteiger partial charge on any atom is 0.416 e. The van der Waals surface area contributed by atoms with Crippen molar-refractivity contribution in [1.82, 2.24) is 15.2 Å². The minimum Gasteiger partial charge on any atom is -0.461 e. The molecule has 11 heteroatoms. The van der Waals surface area contributed by atoms with Gasteiger partial charge in [0.15, 0.2) is 5.78 Å². The third kappa shape index (κ3) is 4.22. The average molecular weight is 465 g/mol. The first kappa shape index (κ1) is 24.0. The zero-order valence-electron chi connectivity index (χ0n) is 18.3. The van der Waals surface area contributed by atoms with Crippen LogP contribution in [0.25, 0.3) is 0 Å². The predicted octanol–water partition coefficient (Wildman–Crippen LogP) is 3.48. The normalized spacial score (nSPS) is 18.5. The number of ether oxygens (including phenoxy) is 1. The summed E-state index contributed by atoms with van der Waals surface area (Å²) in [7, 11) is 0. The molecule has 1 saturated heterocycles. The van der Waals surface area contributed by atoms with Crippen LogP contribution in [0.2, 0.25) is 0 Å². The van der Waals surface area contributed by atoms with Gasteiger partial charge in [0.1, 0.15) is 11.2 Å². The van der Waals surface area contributed by atoms with E-state index in [1.54, 1.807) is 13.8 Å². The third-order valence-electron chi connectivity index (χ3n) is 5.54. The van der Waals surface area contributed by atoms with Crippen LogP contribution in [0.5, 0.6) is 0 Å². The zero-order chi connectivity index (χ0) is 24.7. The molecular formula is C22H22F3N3O5. The van der Waals surface area contributed by atoms with Crippen LogP contribution >= 0.6 is 0 Å². The Kier molecular flexibility index (Phi) is 6.10. The molecule has 3 rings (SSSR count). The van der Waals surface area contributed by atoms with E-state index in [2.05, 4.69) is 10.3 Å². The van der Waals surface area contributed by atoms with Gasteiger partial charge in [0.2, 0.25) is 0 Å². The summed E-state index contributed by atoms with van der Waals surface area (Å²) in [6.45, 7) is 5.48. The number of benzene rings is 1. The first-order chi connectivity index (χ1) is 15.3. The van der Waals surface area contributed by atoms with Gasteiger partial charge in [-0.2, -0.15) is 13.2 Å². The molecule has 1 fully saturated rings. The van der Waals surface area contributed by atoms with Gasteiger partial charge in [-0.15, -0.1) is 0 Å². The molecule has 1 unspecified atom stereocenters. The van der Waals surface area contributed by atoms with Crippen molar-refractivity contribution >= 4 is 23.7 Å². The molecule has 2 N–H and O–H groups in total. The van der Waals surface area contributed by atoms with Crippen LogP contribution in [0.4, 0.5) is 18.0 Å². The molecule has 3 amide bonds. The number of aromatic nitrogens is 1. The molecule has 0 bridgehead atoms. The number of ketones is 1. The highest BCUT2D eigenvalue weighted by Crippen LogP contribution is 2.34. The van der Waals surface area contributed by atoms with E-state index >= 15 is 0 Å². The van der Waals surface area contributed by atoms with Gasteiger partial charge in [-0.1, -0.05) is 12.1 Å². The molecule has 1 aromatic carbocycles. The standard InChI is InChI=1S/C22H22F3N3O5/c1-5-33-18(30)17-11(2)16(12(3)26-17)15(29)10-28-19(31)21(4,27-20(28)32)13-7-6-8-14(9-13)22(23,24)25/h6-9,26H,5,10H2,1-4H3,(H,27,32). The molecular weight excluding hydrogens is 443 g/mol. The van der Waals surface area contributed by atoms with E-state index in [1.165, 1.54) is 19.9 Å². The van der Waals surface area contributed by atoms with Crippen molar-refractivity contribution in [3.63, 3.8) is 0 Å². The SMILES string of the molecule is CCOC(=O)c1[nH]c(C)c(C(=O)CN2C(=O)NC(C)(c3cccc(C(F)(F)F)c3)C2=O)c1C. The van der Waals surface area contributed by atoms with Gasteiger partial charge >= 0.3 is 18.2 Å². The smallest absolute Gasteiger partial charge is 0.416 e. The monoisotopic (exact) mass is 465 g/mol. The number of amides is 3. The molecule has 8 nitrogen and oxygen atoms in total. The average Bonchev–Trinajstić information content (AvgIpc) is 3.15. The molecule has 176 valence electrons. The topological polar surface area (TPSA) is 109 Å². The highest BCUT2D eigenvalue weighted by Gasteiger charge is 2.50. The lowest BCUT2D eigenvalue weighted by molar-refractivity contribution is -0.138. The van der Waals surface area contributed by atoms with E-state index in [9.17, 15) is 32.3 Å². The molecule has 1 aliphatic rings. The van der Waals surface area contributed by atoms with Crippen LogP contribution in [0, 0.1) is 13.8 Å². The van der Waals surface area contributed by atoms with Crippen molar-refractivity contribution in [3.8, 4) is 0 Å². The number of nitrogens with zero attached hydrogens (tertiary/aromatic N) is 1. The van der Waals surface area contributed by atoms with Crippen molar-refractivity contribution in [2.75, 3.05) is 13.2 Å². The number of imide groups is 1. The zero-order valence-corrected chi connectivity index (χ0v) is 18.3. The Morgan fingerprint density at radius 1 is 1.18 bits per heavy atom. The second-order valence-electron chi connectivity index (χ2n) is 7.79. The Hall–Kier alpha value is -3.63. The summed E-state index contributed by atoms with van der Waals surface area (Å²) < 4.78 is 44.3. The van der Waals surface area contributed by atoms with Crippen molar-refractivity contribution in [1.29, 1.82) is 0 Å². The summed E-state index contributed by atoms with van der Waals surface area (Å²) in [6, 6.07) is 3.17. The van der Waals surface area contributed by atoms with Crippen molar-refractivity contribution < 1.29 is 37.1 Å². The molecule has 33 heavy (non-hydrogen) atoms. The van der Waals surface area contributed by atoms with Crippen molar-refractivity contribution in [3.05, 3.63) is 57.9 Å². The Labute approximate surface area is 187 Å². The number of hydrogen-bond acceptors (Lipinski definition) is 5. The summed E-state index contributed by atoms with van der Waals surface area (Å²) in [5, 5.41) is 2.39. The predicted molar refractivity (Wildman–Crippen MR) is 110 cm³/mol. The molecule has 1 atom stereocenters. The van der Waals surface area contributed by atoms with Gasteiger partial charge in [0, 0.05) is 11.3 Å². The number of rotatable bonds is 6. The number of nitrogens with one attached hydrogen (secondary N) is 2. The second kappa shape index (κ2) is 8.38. The minimum atomic E-state index is -4.63. The molecule has 1 aliphatic heterocycles. The Morgan fingerprint density at radius 3 is 2.45 bits per heavy atom. The Balaban J connectivity index is 1.88. The summed E-state index contributed by atoms with van der Waals surface area (Å²) in [5.74, 6) is -2.13. The Morgan fingerprint density at radius 2 is 1.85 bits per heavy atom. The van der Waals surface area contributed by atoms with Gasteiger partial charge < -0.3 is 15.0 Å². The van der Waals surface area contributed by atoms with Gasteiger partial charge in [0.05, 0.1) is 18.7 Å². The lowest BCUT2D eigenvalue weighted by Crippen LogP contribution is -2.41. The number of H-pyrrole nitrogens is 1. The van der Waals surface area contributed by atoms with E-state index in [4.69, 9.17) is 4.74 Å². The Bertz CT molecular complexity index is 1150. The maximum atomic E-state index is 13.1. The first-order valence-corrected chi connectivity index (χ1v) is 10.0. The fourth-order valence-corrected chi connectivity index (χ4v) is 3.84. The lowest BCUT2D eigenvalue weighted by Gasteiger charge is -2.23. The number of halogens is 3. The number of urea groups is 1. The number of hydrogen-bond donors (Lipinski definition) is 2. The minimum absolute atomic E-state index is 0.0655. The van der Waals surface area contributed by atoms with Crippen molar-refractivity contribution in [2.24, 2.45) is 0 Å². The summed E-state index contributed by atoms with van der Waals surface area (Å²) in [6.07, 6.45) is -4.63. The van der Waals surface area contributed by atoms with E-state index in [0.717, 1.165) is 18.2 Å². The molecule has 1 aromatic heterocycles. The summed E-state index contributed by atoms with van der Waals surface area (Å²) >= 11 is 0. The largest absolute Gasteiger partial charge is 0.461 e. The second-order valence-corrected chi connectivity index (χ2v) is 7.79. The van der Waals surface area contributed by atoms with Crippen LogP contribution in [0.15, 0.2) is 24.3 Å². The van der Waals surface area contributed by atoms with E-state index in [-0.39, 0.29) is 23.4 Å². The maximum absolute atomic E-state index is 13.1. The van der Waals surface area contributed by atoms with Gasteiger partial charge in [-0.05, 0) is 51.0 Å². The van der Waals surface area contributed by atoms with Gasteiger partial charge in [-0.25, -0.2) is 9.59 Å². The van der Waals surface area contributed by atoms with Crippen LogP contribution in [-0.4, -0.2) is 46.7 Å². The molecule has 2 heterocycles. The quantitative estimate of drug-likeness (QED) is 0.386. The fraction of sp³-hybridized carbons (Fsp3) is 0.364. The number of carbonyl (C=O) groups excluding carboxylic acids is 4. The molecule has 2 aromatic rings. The first-order valence-electron chi connectivity index (χ1n) is 10.0. The highest BCUT2D eigenvalue weighted by atomic mass is 19.4. The summed E-state index contributed by atoms with van der Waals surface area (Å²) in [5.41, 5.74) is -1.93. The molecule has 0 aliphatic carbocycles. The fourth-order valence-electron chi connectivity index (χ4n) is 3.84. The number of aromatic amines is 1. The number of aryl methyl sites for hydroxylation is 1. The van der Waals surface area contributed by atoms with Gasteiger partial charge in [-0.3, -0.25) is 14.5 Å². The highest BCUT2D eigenvalue weighted by molar-refractivity contribution is 6.12. The third-order valence-corrected chi connectivity index (χ3v) is 5.54. The van der Waals surface area contributed by atoms with E-state index < -0.39 is 47.5 Å². The van der Waals surface area contributed by atoms with E-state index in [1.807, 2.05) is 0 Å². The number of carbonyl (C=O) groups is 4. The van der Waals surface area contributed by atoms with Crippen LogP contribution in [0.3, 0.4) is 0 Å². The number of Topliss-reactive ketones (excluding diaryl/α,β-unsaturated/α-hetero) is 1. The lowest BCUT2D eigenvalue weighted by atomic mass is 9.90. The van der Waals surface area contributed by atoms with Crippen molar-refractivity contribution in [2.45, 2.75) is 39.4 Å². The molecule has 0 radical (unpaired) electrons. The molecule has 0 spiro atoms. The van der Waals surface area contributed by atoms with Crippen LogP contribution in [0.1, 0.15) is 57.1 Å².